The zero-order valence-corrected chi connectivity index (χ0v) is 16.8. The van der Waals surface area contributed by atoms with Crippen LogP contribution in [0.4, 0.5) is 0 Å². The number of fused-ring (bicyclic) bond motifs is 2. The van der Waals surface area contributed by atoms with Gasteiger partial charge in [0.05, 0.1) is 12.7 Å². The fourth-order valence-corrected chi connectivity index (χ4v) is 4.67. The van der Waals surface area contributed by atoms with E-state index in [4.69, 9.17) is 9.15 Å². The number of amides is 1. The van der Waals surface area contributed by atoms with Gasteiger partial charge in [0.2, 0.25) is 0 Å². The van der Waals surface area contributed by atoms with Crippen LogP contribution in [0.25, 0.3) is 11.0 Å². The molecule has 1 aromatic heterocycles. The number of ether oxygens (including phenoxy) is 1. The number of benzene rings is 1. The van der Waals surface area contributed by atoms with Gasteiger partial charge in [0.15, 0.2) is 6.61 Å². The number of aryl methyl sites for hydroxylation is 2. The maximum Gasteiger partial charge on any atom is 0.310 e. The van der Waals surface area contributed by atoms with Crippen molar-refractivity contribution in [3.8, 4) is 0 Å². The number of nitrogens with one attached hydrogen (secondary N) is 1. The third-order valence-electron chi connectivity index (χ3n) is 6.62. The van der Waals surface area contributed by atoms with E-state index >= 15 is 0 Å². The van der Waals surface area contributed by atoms with E-state index in [0.717, 1.165) is 42.2 Å². The van der Waals surface area contributed by atoms with Crippen LogP contribution in [-0.2, 0) is 33.6 Å². The Morgan fingerprint density at radius 3 is 2.75 bits per heavy atom. The lowest BCUT2D eigenvalue weighted by molar-refractivity contribution is -0.148. The van der Waals surface area contributed by atoms with Crippen molar-refractivity contribution in [2.45, 2.75) is 64.8 Å². The maximum atomic E-state index is 12.3. The van der Waals surface area contributed by atoms with Crippen LogP contribution < -0.4 is 5.32 Å². The summed E-state index contributed by atoms with van der Waals surface area (Å²) in [7, 11) is 0. The van der Waals surface area contributed by atoms with Crippen LogP contribution in [0.1, 0.15) is 56.2 Å². The van der Waals surface area contributed by atoms with Gasteiger partial charge >= 0.3 is 5.97 Å². The van der Waals surface area contributed by atoms with Gasteiger partial charge in [-0.2, -0.15) is 0 Å². The Morgan fingerprint density at radius 2 is 1.93 bits per heavy atom. The molecule has 0 spiro atoms. The summed E-state index contributed by atoms with van der Waals surface area (Å²) in [6, 6.07) is 4.41. The van der Waals surface area contributed by atoms with Crippen molar-refractivity contribution in [2.24, 2.45) is 11.8 Å². The first kappa shape index (κ1) is 19.0. The van der Waals surface area contributed by atoms with Gasteiger partial charge < -0.3 is 14.5 Å². The monoisotopic (exact) mass is 383 g/mol. The molecule has 5 heteroatoms. The summed E-state index contributed by atoms with van der Waals surface area (Å²) in [4.78, 5) is 24.5. The third kappa shape index (κ3) is 3.94. The lowest BCUT2D eigenvalue weighted by atomic mass is 9.78. The zero-order valence-electron chi connectivity index (χ0n) is 16.8. The van der Waals surface area contributed by atoms with Crippen molar-refractivity contribution in [3.05, 3.63) is 35.1 Å². The van der Waals surface area contributed by atoms with Crippen molar-refractivity contribution < 1.29 is 18.7 Å². The van der Waals surface area contributed by atoms with Crippen LogP contribution in [-0.4, -0.2) is 24.5 Å². The fraction of sp³-hybridized carbons (Fsp3) is 0.565. The second kappa shape index (κ2) is 7.98. The number of hydrogen-bond acceptors (Lipinski definition) is 4. The molecule has 2 aromatic rings. The highest BCUT2D eigenvalue weighted by Gasteiger charge is 2.28. The summed E-state index contributed by atoms with van der Waals surface area (Å²) < 4.78 is 10.9. The summed E-state index contributed by atoms with van der Waals surface area (Å²) in [5, 5.41) is 4.02. The Kier molecular flexibility index (Phi) is 5.42. The van der Waals surface area contributed by atoms with E-state index in [9.17, 15) is 9.59 Å². The highest BCUT2D eigenvalue weighted by Crippen LogP contribution is 2.31. The molecule has 1 N–H and O–H groups in total. The maximum absolute atomic E-state index is 12.3. The molecule has 4 rings (SSSR count). The van der Waals surface area contributed by atoms with Crippen molar-refractivity contribution in [1.29, 1.82) is 0 Å². The van der Waals surface area contributed by atoms with Crippen molar-refractivity contribution in [1.82, 2.24) is 5.32 Å². The molecular weight excluding hydrogens is 354 g/mol. The number of carbonyl (C=O) groups is 2. The van der Waals surface area contributed by atoms with E-state index < -0.39 is 5.97 Å². The van der Waals surface area contributed by atoms with E-state index in [1.54, 1.807) is 6.26 Å². The SMILES string of the molecule is CC1CCCC(NC(=O)COC(=O)Cc2coc3cc4c(cc23)CCC4)C1C. The van der Waals surface area contributed by atoms with Gasteiger partial charge in [0.25, 0.3) is 5.91 Å². The first-order valence-electron chi connectivity index (χ1n) is 10.5. The molecule has 0 bridgehead atoms. The average molecular weight is 383 g/mol. The highest BCUT2D eigenvalue weighted by atomic mass is 16.5. The molecule has 1 fully saturated rings. The molecular formula is C23H29NO4. The van der Waals surface area contributed by atoms with E-state index in [-0.39, 0.29) is 25.0 Å². The predicted molar refractivity (Wildman–Crippen MR) is 107 cm³/mol. The van der Waals surface area contributed by atoms with Crippen LogP contribution in [0.3, 0.4) is 0 Å². The highest BCUT2D eigenvalue weighted by molar-refractivity contribution is 5.88. The Balaban J connectivity index is 1.31. The molecule has 0 saturated heterocycles. The normalized spacial score (nSPS) is 24.1. The van der Waals surface area contributed by atoms with Crippen molar-refractivity contribution in [2.75, 3.05) is 6.61 Å². The van der Waals surface area contributed by atoms with E-state index in [1.807, 2.05) is 0 Å². The van der Waals surface area contributed by atoms with Crippen LogP contribution in [0.5, 0.6) is 0 Å². The van der Waals surface area contributed by atoms with Crippen LogP contribution >= 0.6 is 0 Å². The average Bonchev–Trinajstić information content (AvgIpc) is 3.28. The van der Waals surface area contributed by atoms with Gasteiger partial charge in [-0.3, -0.25) is 9.59 Å². The quantitative estimate of drug-likeness (QED) is 0.794. The van der Waals surface area contributed by atoms with Gasteiger partial charge in [0, 0.05) is 17.0 Å². The molecule has 1 aromatic carbocycles. The molecule has 1 amide bonds. The molecule has 28 heavy (non-hydrogen) atoms. The minimum atomic E-state index is -0.400. The lowest BCUT2D eigenvalue weighted by Crippen LogP contribution is -2.45. The zero-order chi connectivity index (χ0) is 19.7. The van der Waals surface area contributed by atoms with Crippen LogP contribution in [0.15, 0.2) is 22.8 Å². The first-order valence-corrected chi connectivity index (χ1v) is 10.5. The minimum Gasteiger partial charge on any atom is -0.464 e. The smallest absolute Gasteiger partial charge is 0.310 e. The molecule has 0 radical (unpaired) electrons. The van der Waals surface area contributed by atoms with Crippen molar-refractivity contribution >= 4 is 22.8 Å². The molecule has 1 heterocycles. The Morgan fingerprint density at radius 1 is 1.14 bits per heavy atom. The Bertz CT molecular complexity index is 884. The largest absolute Gasteiger partial charge is 0.464 e. The molecule has 1 saturated carbocycles. The topological polar surface area (TPSA) is 68.5 Å². The van der Waals surface area contributed by atoms with Gasteiger partial charge in [-0.25, -0.2) is 0 Å². The molecule has 3 atom stereocenters. The molecule has 5 nitrogen and oxygen atoms in total. The Hall–Kier alpha value is -2.30. The van der Waals surface area contributed by atoms with Gasteiger partial charge in [-0.15, -0.1) is 0 Å². The number of furan rings is 1. The van der Waals surface area contributed by atoms with Crippen LogP contribution in [0, 0.1) is 11.8 Å². The number of carbonyl (C=O) groups excluding carboxylic acids is 2. The summed E-state index contributed by atoms with van der Waals surface area (Å²) >= 11 is 0. The Labute approximate surface area is 165 Å². The summed E-state index contributed by atoms with van der Waals surface area (Å²) in [6.45, 7) is 4.19. The first-order chi connectivity index (χ1) is 13.5. The second-order valence-corrected chi connectivity index (χ2v) is 8.51. The number of rotatable bonds is 5. The summed E-state index contributed by atoms with van der Waals surface area (Å²) in [6.07, 6.45) is 8.44. The molecule has 2 aliphatic rings. The predicted octanol–water partition coefficient (Wildman–Crippen LogP) is 3.95. The standard InChI is InChI=1S/C23H29NO4/c1-14-5-3-8-20(15(14)2)24-22(25)13-28-23(26)11-18-12-27-21-10-17-7-4-6-16(17)9-19(18)21/h9-10,12,14-15,20H,3-8,11,13H2,1-2H3,(H,24,25). The van der Waals surface area contributed by atoms with Crippen molar-refractivity contribution in [3.63, 3.8) is 0 Å². The van der Waals surface area contributed by atoms with Crippen LogP contribution in [0.2, 0.25) is 0 Å². The van der Waals surface area contributed by atoms with E-state index in [0.29, 0.717) is 11.8 Å². The summed E-state index contributed by atoms with van der Waals surface area (Å²) in [5.41, 5.74) is 4.34. The molecule has 3 unspecified atom stereocenters. The number of esters is 1. The number of hydrogen-bond donors (Lipinski definition) is 1. The molecule has 150 valence electrons. The fourth-order valence-electron chi connectivity index (χ4n) is 4.67. The minimum absolute atomic E-state index is 0.121. The van der Waals surface area contributed by atoms with E-state index in [1.165, 1.54) is 24.0 Å². The van der Waals surface area contributed by atoms with Gasteiger partial charge in [0.1, 0.15) is 5.58 Å². The van der Waals surface area contributed by atoms with Gasteiger partial charge in [-0.05, 0) is 60.8 Å². The molecule has 0 aliphatic heterocycles. The van der Waals surface area contributed by atoms with E-state index in [2.05, 4.69) is 31.3 Å². The summed E-state index contributed by atoms with van der Waals surface area (Å²) in [5.74, 6) is 0.447. The van der Waals surface area contributed by atoms with Gasteiger partial charge in [-0.1, -0.05) is 26.7 Å². The third-order valence-corrected chi connectivity index (χ3v) is 6.62. The molecule has 2 aliphatic carbocycles. The second-order valence-electron chi connectivity index (χ2n) is 8.51. The lowest BCUT2D eigenvalue weighted by Gasteiger charge is -2.34.